The van der Waals surface area contributed by atoms with Crippen molar-refractivity contribution in [3.63, 3.8) is 0 Å². The van der Waals surface area contributed by atoms with Crippen LogP contribution in [0.15, 0.2) is 30.3 Å². The fourth-order valence-electron chi connectivity index (χ4n) is 5.76. The Kier molecular flexibility index (Phi) is 7.28. The lowest BCUT2D eigenvalue weighted by Gasteiger charge is -2.24. The zero-order chi connectivity index (χ0) is 27.1. The highest BCUT2D eigenvalue weighted by molar-refractivity contribution is 14.1. The molecule has 2 fully saturated rings. The van der Waals surface area contributed by atoms with E-state index >= 15 is 0 Å². The minimum absolute atomic E-state index is 0.0806. The standard InChI is InChI=1S/C29H34IN5O4/c1-33(2)17-29(7-8-29)18-39-28-31-24-16-35(15-22(24)26(32-28)34-9-4-11-38-12-10-34)27(37)21-14-20(36)13-19-5-3-6-23(30)25(19)21/h3,5-6,13-14,36H,4,7-12,15-18H2,1-2H3. The summed E-state index contributed by atoms with van der Waals surface area (Å²) in [4.78, 5) is 29.9. The van der Waals surface area contributed by atoms with Crippen molar-refractivity contribution in [2.75, 3.05) is 58.5 Å². The molecule has 1 N–H and O–H groups in total. The minimum Gasteiger partial charge on any atom is -0.508 e. The zero-order valence-electron chi connectivity index (χ0n) is 22.5. The number of rotatable bonds is 7. The molecule has 1 saturated carbocycles. The van der Waals surface area contributed by atoms with Gasteiger partial charge in [0.1, 0.15) is 11.6 Å². The van der Waals surface area contributed by atoms with Crippen LogP contribution in [0.25, 0.3) is 10.8 Å². The number of halogens is 1. The number of nitrogens with zero attached hydrogens (tertiary/aromatic N) is 5. The molecule has 0 unspecified atom stereocenters. The van der Waals surface area contributed by atoms with Crippen molar-refractivity contribution in [1.82, 2.24) is 19.8 Å². The Hall–Kier alpha value is -2.70. The van der Waals surface area contributed by atoms with Crippen LogP contribution in [-0.2, 0) is 17.8 Å². The second kappa shape index (κ2) is 10.7. The lowest BCUT2D eigenvalue weighted by molar-refractivity contribution is 0.0752. The molecule has 3 aliphatic rings. The molecule has 39 heavy (non-hydrogen) atoms. The van der Waals surface area contributed by atoms with E-state index in [-0.39, 0.29) is 17.1 Å². The van der Waals surface area contributed by atoms with E-state index < -0.39 is 0 Å². The van der Waals surface area contributed by atoms with Gasteiger partial charge in [-0.05, 0) is 79.5 Å². The molecular formula is C29H34IN5O4. The van der Waals surface area contributed by atoms with Gasteiger partial charge in [-0.3, -0.25) is 4.79 Å². The van der Waals surface area contributed by atoms with Crippen molar-refractivity contribution in [2.45, 2.75) is 32.4 Å². The van der Waals surface area contributed by atoms with Crippen LogP contribution in [-0.4, -0.2) is 84.3 Å². The van der Waals surface area contributed by atoms with Crippen molar-refractivity contribution >= 4 is 45.1 Å². The summed E-state index contributed by atoms with van der Waals surface area (Å²) in [6.45, 7) is 5.27. The number of hydrogen-bond donors (Lipinski definition) is 1. The largest absolute Gasteiger partial charge is 0.508 e. The van der Waals surface area contributed by atoms with Gasteiger partial charge in [0.15, 0.2) is 0 Å². The highest BCUT2D eigenvalue weighted by Gasteiger charge is 2.44. The first-order chi connectivity index (χ1) is 18.8. The van der Waals surface area contributed by atoms with Gasteiger partial charge in [-0.1, -0.05) is 12.1 Å². The van der Waals surface area contributed by atoms with Crippen molar-refractivity contribution in [2.24, 2.45) is 5.41 Å². The normalized spacial score (nSPS) is 18.4. The van der Waals surface area contributed by atoms with E-state index in [1.165, 1.54) is 0 Å². The highest BCUT2D eigenvalue weighted by atomic mass is 127. The number of phenolic OH excluding ortho intramolecular Hbond substituents is 1. The first-order valence-electron chi connectivity index (χ1n) is 13.5. The Morgan fingerprint density at radius 3 is 2.82 bits per heavy atom. The SMILES string of the molecule is CN(C)CC1(COc2nc3c(c(N4CCCOCC4)n2)CN(C(=O)c2cc(O)cc4cccc(I)c24)C3)CC1. The monoisotopic (exact) mass is 643 g/mol. The number of phenols is 1. The predicted molar refractivity (Wildman–Crippen MR) is 157 cm³/mol. The molecule has 0 bridgehead atoms. The minimum atomic E-state index is -0.131. The summed E-state index contributed by atoms with van der Waals surface area (Å²) in [5.74, 6) is 0.786. The zero-order valence-corrected chi connectivity index (χ0v) is 24.6. The van der Waals surface area contributed by atoms with E-state index in [1.807, 2.05) is 18.2 Å². The number of hydrogen-bond acceptors (Lipinski definition) is 8. The maximum atomic E-state index is 13.9. The fourth-order valence-corrected chi connectivity index (χ4v) is 6.57. The molecule has 1 amide bonds. The third kappa shape index (κ3) is 5.51. The van der Waals surface area contributed by atoms with Crippen molar-refractivity contribution in [1.29, 1.82) is 0 Å². The summed E-state index contributed by atoms with van der Waals surface area (Å²) in [6, 6.07) is 9.48. The number of anilines is 1. The van der Waals surface area contributed by atoms with Crippen molar-refractivity contribution in [3.8, 4) is 11.8 Å². The summed E-state index contributed by atoms with van der Waals surface area (Å²) in [5.41, 5.74) is 2.45. The van der Waals surface area contributed by atoms with Crippen molar-refractivity contribution in [3.05, 3.63) is 50.7 Å². The average molecular weight is 644 g/mol. The van der Waals surface area contributed by atoms with Gasteiger partial charge in [-0.2, -0.15) is 9.97 Å². The molecule has 6 rings (SSSR count). The summed E-state index contributed by atoms with van der Waals surface area (Å²) in [6.07, 6.45) is 3.20. The molecule has 1 saturated heterocycles. The van der Waals surface area contributed by atoms with Crippen LogP contribution in [0.3, 0.4) is 0 Å². The van der Waals surface area contributed by atoms with Gasteiger partial charge in [0.05, 0.1) is 37.6 Å². The number of carbonyl (C=O) groups excluding carboxylic acids is 1. The topological polar surface area (TPSA) is 91.3 Å². The van der Waals surface area contributed by atoms with Gasteiger partial charge in [0, 0.05) is 46.2 Å². The van der Waals surface area contributed by atoms with Gasteiger partial charge in [-0.25, -0.2) is 0 Å². The van der Waals surface area contributed by atoms with Gasteiger partial charge >= 0.3 is 6.01 Å². The van der Waals surface area contributed by atoms with Crippen LogP contribution in [0.4, 0.5) is 5.82 Å². The highest BCUT2D eigenvalue weighted by Crippen LogP contribution is 2.46. The van der Waals surface area contributed by atoms with Crippen LogP contribution >= 0.6 is 22.6 Å². The van der Waals surface area contributed by atoms with E-state index in [4.69, 9.17) is 19.4 Å². The van der Waals surface area contributed by atoms with Gasteiger partial charge in [0.25, 0.3) is 5.91 Å². The molecule has 206 valence electrons. The number of fused-ring (bicyclic) bond motifs is 2. The smallest absolute Gasteiger partial charge is 0.318 e. The molecule has 3 heterocycles. The van der Waals surface area contributed by atoms with Crippen LogP contribution in [0, 0.1) is 8.99 Å². The van der Waals surface area contributed by atoms with Crippen LogP contribution in [0.5, 0.6) is 11.8 Å². The van der Waals surface area contributed by atoms with E-state index in [2.05, 4.69) is 46.5 Å². The Labute approximate surface area is 242 Å². The third-order valence-electron chi connectivity index (χ3n) is 7.81. The molecule has 9 nitrogen and oxygen atoms in total. The van der Waals surface area contributed by atoms with Gasteiger partial charge in [-0.15, -0.1) is 0 Å². The third-order valence-corrected chi connectivity index (χ3v) is 8.71. The molecule has 1 aliphatic carbocycles. The Balaban J connectivity index is 1.31. The fraction of sp³-hybridized carbons (Fsp3) is 0.483. The molecule has 1 aromatic heterocycles. The predicted octanol–water partition coefficient (Wildman–Crippen LogP) is 4.04. The molecule has 0 atom stereocenters. The molecule has 0 spiro atoms. The second-order valence-corrected chi connectivity index (χ2v) is 12.4. The number of aromatic hydroxyl groups is 1. The summed E-state index contributed by atoms with van der Waals surface area (Å²) >= 11 is 2.25. The van der Waals surface area contributed by atoms with E-state index in [0.29, 0.717) is 37.9 Å². The molecule has 10 heteroatoms. The van der Waals surface area contributed by atoms with E-state index in [1.54, 1.807) is 17.0 Å². The van der Waals surface area contributed by atoms with Crippen LogP contribution < -0.4 is 9.64 Å². The summed E-state index contributed by atoms with van der Waals surface area (Å²) < 4.78 is 12.9. The van der Waals surface area contributed by atoms with Crippen molar-refractivity contribution < 1.29 is 19.4 Å². The molecular weight excluding hydrogens is 609 g/mol. The number of ether oxygens (including phenoxy) is 2. The average Bonchev–Trinajstić information content (AvgIpc) is 3.60. The molecule has 3 aromatic rings. The van der Waals surface area contributed by atoms with Gasteiger partial charge in [0.2, 0.25) is 0 Å². The molecule has 2 aromatic carbocycles. The summed E-state index contributed by atoms with van der Waals surface area (Å²) in [7, 11) is 4.18. The van der Waals surface area contributed by atoms with E-state index in [9.17, 15) is 9.90 Å². The van der Waals surface area contributed by atoms with Crippen LogP contribution in [0.1, 0.15) is 40.9 Å². The van der Waals surface area contributed by atoms with Gasteiger partial charge < -0.3 is 29.3 Å². The molecule has 0 radical (unpaired) electrons. The lowest BCUT2D eigenvalue weighted by Crippen LogP contribution is -2.30. The van der Waals surface area contributed by atoms with Crippen LogP contribution in [0.2, 0.25) is 0 Å². The Bertz CT molecular complexity index is 1400. The quantitative estimate of drug-likeness (QED) is 0.386. The molecule has 2 aliphatic heterocycles. The first-order valence-corrected chi connectivity index (χ1v) is 14.6. The number of aromatic nitrogens is 2. The lowest BCUT2D eigenvalue weighted by atomic mass is 10.0. The maximum Gasteiger partial charge on any atom is 0.318 e. The number of carbonyl (C=O) groups is 1. The van der Waals surface area contributed by atoms with E-state index in [0.717, 1.165) is 76.9 Å². The maximum absolute atomic E-state index is 13.9. The Morgan fingerprint density at radius 1 is 1.18 bits per heavy atom. The first kappa shape index (κ1) is 26.5. The number of amides is 1. The second-order valence-electron chi connectivity index (χ2n) is 11.2. The Morgan fingerprint density at radius 2 is 2.03 bits per heavy atom. The summed E-state index contributed by atoms with van der Waals surface area (Å²) in [5, 5.41) is 12.1. The number of benzene rings is 2.